The normalized spacial score (nSPS) is 10.4. The van der Waals surface area contributed by atoms with Crippen molar-refractivity contribution >= 4 is 18.1 Å². The van der Waals surface area contributed by atoms with Crippen LogP contribution in [0.1, 0.15) is 51.5 Å². The molecule has 0 amide bonds. The van der Waals surface area contributed by atoms with Crippen LogP contribution in [-0.4, -0.2) is 35.9 Å². The van der Waals surface area contributed by atoms with E-state index in [2.05, 4.69) is 4.74 Å². The summed E-state index contributed by atoms with van der Waals surface area (Å²) in [4.78, 5) is 36.5. The molecule has 27 heavy (non-hydrogen) atoms. The van der Waals surface area contributed by atoms with Crippen LogP contribution in [0.4, 0.5) is 4.79 Å². The summed E-state index contributed by atoms with van der Waals surface area (Å²) >= 11 is 0. The first kappa shape index (κ1) is 20.2. The van der Waals surface area contributed by atoms with Crippen LogP contribution in [0.2, 0.25) is 0 Å². The summed E-state index contributed by atoms with van der Waals surface area (Å²) in [7, 11) is 0. The van der Waals surface area contributed by atoms with Crippen LogP contribution >= 0.6 is 0 Å². The average Bonchev–Trinajstić information content (AvgIpc) is 2.86. The van der Waals surface area contributed by atoms with Gasteiger partial charge < -0.3 is 18.8 Å². The van der Waals surface area contributed by atoms with Gasteiger partial charge in [-0.05, 0) is 38.8 Å². The molecule has 1 aromatic heterocycles. The highest BCUT2D eigenvalue weighted by Gasteiger charge is 2.29. The van der Waals surface area contributed by atoms with E-state index < -0.39 is 18.1 Å². The molecule has 0 saturated heterocycles. The number of carbonyl (C=O) groups is 3. The smallest absolute Gasteiger partial charge is 0.461 e. The first-order valence-electron chi connectivity index (χ1n) is 8.70. The fourth-order valence-corrected chi connectivity index (χ4v) is 2.90. The lowest BCUT2D eigenvalue weighted by atomic mass is 10.1. The third kappa shape index (κ3) is 4.55. The molecule has 0 saturated carbocycles. The minimum absolute atomic E-state index is 0.0904. The van der Waals surface area contributed by atoms with Crippen molar-refractivity contribution in [3.05, 3.63) is 58.4 Å². The topological polar surface area (TPSA) is 83.8 Å². The monoisotopic (exact) mass is 373 g/mol. The van der Waals surface area contributed by atoms with Gasteiger partial charge in [-0.1, -0.05) is 30.3 Å². The Kier molecular flexibility index (Phi) is 6.76. The molecule has 1 aromatic carbocycles. The number of hydrogen-bond donors (Lipinski definition) is 0. The van der Waals surface area contributed by atoms with Crippen molar-refractivity contribution < 1.29 is 28.6 Å². The number of ether oxygens (including phenoxy) is 3. The molecular formula is C20H23NO6. The molecule has 0 N–H and O–H groups in total. The second-order valence-electron chi connectivity index (χ2n) is 5.80. The van der Waals surface area contributed by atoms with Gasteiger partial charge in [0.05, 0.1) is 18.8 Å². The summed E-state index contributed by atoms with van der Waals surface area (Å²) in [5, 5.41) is 0. The number of nitrogens with zero attached hydrogens (tertiary/aromatic N) is 1. The zero-order valence-electron chi connectivity index (χ0n) is 15.9. The second-order valence-corrected chi connectivity index (χ2v) is 5.80. The number of rotatable bonds is 6. The molecule has 7 heteroatoms. The van der Waals surface area contributed by atoms with E-state index in [1.165, 1.54) is 0 Å². The third-order valence-corrected chi connectivity index (χ3v) is 4.06. The molecule has 0 bridgehead atoms. The maximum atomic E-state index is 12.5. The molecule has 0 aliphatic carbocycles. The molecule has 144 valence electrons. The van der Waals surface area contributed by atoms with E-state index in [0.29, 0.717) is 17.8 Å². The van der Waals surface area contributed by atoms with E-state index in [1.807, 2.05) is 30.3 Å². The van der Waals surface area contributed by atoms with Crippen molar-refractivity contribution in [2.45, 2.75) is 34.2 Å². The maximum Gasteiger partial charge on any atom is 0.516 e. The zero-order valence-corrected chi connectivity index (χ0v) is 15.9. The Morgan fingerprint density at radius 2 is 1.56 bits per heavy atom. The molecule has 0 atom stereocenters. The van der Waals surface area contributed by atoms with Gasteiger partial charge in [-0.15, -0.1) is 0 Å². The molecule has 0 unspecified atom stereocenters. The highest BCUT2D eigenvalue weighted by molar-refractivity contribution is 6.01. The van der Waals surface area contributed by atoms with Crippen LogP contribution in [0.3, 0.4) is 0 Å². The van der Waals surface area contributed by atoms with Crippen molar-refractivity contribution in [3.8, 4) is 0 Å². The molecule has 1 heterocycles. The largest absolute Gasteiger partial charge is 0.516 e. The van der Waals surface area contributed by atoms with Gasteiger partial charge in [-0.2, -0.15) is 0 Å². The lowest BCUT2D eigenvalue weighted by Crippen LogP contribution is -2.15. The molecular weight excluding hydrogens is 350 g/mol. The quantitative estimate of drug-likeness (QED) is 0.568. The number of hydrogen-bond acceptors (Lipinski definition) is 6. The van der Waals surface area contributed by atoms with Crippen molar-refractivity contribution in [1.29, 1.82) is 0 Å². The van der Waals surface area contributed by atoms with Crippen LogP contribution in [0.5, 0.6) is 0 Å². The lowest BCUT2D eigenvalue weighted by molar-refractivity contribution is 0.0400. The number of esters is 2. The lowest BCUT2D eigenvalue weighted by Gasteiger charge is -2.11. The summed E-state index contributed by atoms with van der Waals surface area (Å²) in [5.41, 5.74) is 2.27. The summed E-state index contributed by atoms with van der Waals surface area (Å²) < 4.78 is 16.2. The minimum Gasteiger partial charge on any atom is -0.461 e. The second kappa shape index (κ2) is 9.02. The molecule has 0 spiro atoms. The van der Waals surface area contributed by atoms with E-state index in [0.717, 1.165) is 5.56 Å². The van der Waals surface area contributed by atoms with Crippen molar-refractivity contribution in [1.82, 2.24) is 4.57 Å². The molecule has 7 nitrogen and oxygen atoms in total. The van der Waals surface area contributed by atoms with Gasteiger partial charge in [-0.3, -0.25) is 0 Å². The van der Waals surface area contributed by atoms with Gasteiger partial charge >= 0.3 is 18.1 Å². The Balaban J connectivity index is 2.49. The minimum atomic E-state index is -1.07. The first-order valence-corrected chi connectivity index (χ1v) is 8.70. The van der Waals surface area contributed by atoms with Crippen molar-refractivity contribution in [2.24, 2.45) is 0 Å². The standard InChI is InChI=1S/C20H23NO6/c1-5-25-19(23)17-13(3)16(18(22)27-20(24)26-6-2)14(4)21(17)12-15-10-8-7-9-11-15/h7-11H,5-6,12H2,1-4H3. The van der Waals surface area contributed by atoms with Crippen LogP contribution in [0, 0.1) is 13.8 Å². The number of carbonyl (C=O) groups excluding carboxylic acids is 3. The fraction of sp³-hybridized carbons (Fsp3) is 0.350. The molecule has 0 aliphatic heterocycles. The molecule has 0 fully saturated rings. The van der Waals surface area contributed by atoms with E-state index in [-0.39, 0.29) is 24.5 Å². The third-order valence-electron chi connectivity index (χ3n) is 4.06. The van der Waals surface area contributed by atoms with Crippen LogP contribution in [0.25, 0.3) is 0 Å². The predicted octanol–water partition coefficient (Wildman–Crippen LogP) is 3.64. The molecule has 2 aromatic rings. The van der Waals surface area contributed by atoms with Crippen molar-refractivity contribution in [2.75, 3.05) is 13.2 Å². The summed E-state index contributed by atoms with van der Waals surface area (Å²) in [6, 6.07) is 9.51. The Morgan fingerprint density at radius 1 is 0.926 bits per heavy atom. The van der Waals surface area contributed by atoms with Gasteiger partial charge in [0.1, 0.15) is 5.69 Å². The molecule has 2 rings (SSSR count). The maximum absolute atomic E-state index is 12.5. The Bertz CT molecular complexity index is 838. The van der Waals surface area contributed by atoms with Crippen LogP contribution < -0.4 is 0 Å². The van der Waals surface area contributed by atoms with Gasteiger partial charge in [0.25, 0.3) is 0 Å². The van der Waals surface area contributed by atoms with E-state index in [1.54, 1.807) is 32.3 Å². The Hall–Kier alpha value is -3.09. The van der Waals surface area contributed by atoms with Gasteiger partial charge in [0.2, 0.25) is 0 Å². The molecule has 0 aliphatic rings. The van der Waals surface area contributed by atoms with E-state index >= 15 is 0 Å². The van der Waals surface area contributed by atoms with E-state index in [4.69, 9.17) is 9.47 Å². The van der Waals surface area contributed by atoms with E-state index in [9.17, 15) is 14.4 Å². The summed E-state index contributed by atoms with van der Waals surface area (Å²) in [6.45, 7) is 7.30. The highest BCUT2D eigenvalue weighted by Crippen LogP contribution is 2.25. The van der Waals surface area contributed by atoms with Gasteiger partial charge in [0, 0.05) is 12.2 Å². The highest BCUT2D eigenvalue weighted by atomic mass is 16.7. The van der Waals surface area contributed by atoms with Crippen molar-refractivity contribution in [3.63, 3.8) is 0 Å². The predicted molar refractivity (Wildman–Crippen MR) is 97.8 cm³/mol. The Labute approximate surface area is 157 Å². The Morgan fingerprint density at radius 3 is 2.15 bits per heavy atom. The first-order chi connectivity index (χ1) is 12.9. The summed E-state index contributed by atoms with van der Waals surface area (Å²) in [5.74, 6) is -1.40. The number of benzene rings is 1. The van der Waals surface area contributed by atoms with Gasteiger partial charge in [0.15, 0.2) is 0 Å². The zero-order chi connectivity index (χ0) is 20.0. The van der Waals surface area contributed by atoms with Crippen LogP contribution in [-0.2, 0) is 20.8 Å². The summed E-state index contributed by atoms with van der Waals surface area (Å²) in [6.07, 6.45) is -1.07. The average molecular weight is 373 g/mol. The van der Waals surface area contributed by atoms with Gasteiger partial charge in [-0.25, -0.2) is 14.4 Å². The SMILES string of the molecule is CCOC(=O)OC(=O)c1c(C)c(C(=O)OCC)n(Cc2ccccc2)c1C. The van der Waals surface area contributed by atoms with Crippen LogP contribution in [0.15, 0.2) is 30.3 Å². The fourth-order valence-electron chi connectivity index (χ4n) is 2.90. The number of aromatic nitrogens is 1. The molecule has 0 radical (unpaired) electrons.